The molecule has 4 heteroatoms. The van der Waals surface area contributed by atoms with Crippen LogP contribution in [0.3, 0.4) is 0 Å². The molecular weight excluding hydrogens is 290 g/mol. The molecule has 23 heavy (non-hydrogen) atoms. The molecule has 4 fully saturated rings. The number of pyridine rings is 1. The largest absolute Gasteiger partial charge is 0.450 e. The first-order valence-corrected chi connectivity index (χ1v) is 8.72. The third-order valence-corrected chi connectivity index (χ3v) is 6.09. The average Bonchev–Trinajstić information content (AvgIpc) is 2.53. The summed E-state index contributed by atoms with van der Waals surface area (Å²) in [4.78, 5) is 29.2. The number of nitrogens with zero attached hydrogens (tertiary/aromatic N) is 1. The van der Waals surface area contributed by atoms with Crippen LogP contribution in [0.4, 0.5) is 0 Å². The molecule has 0 spiro atoms. The fraction of sp³-hybridized carbons (Fsp3) is 0.632. The van der Waals surface area contributed by atoms with E-state index in [1.54, 1.807) is 31.3 Å². The summed E-state index contributed by atoms with van der Waals surface area (Å²) in [5.74, 6) is 1.77. The van der Waals surface area contributed by atoms with Gasteiger partial charge in [0.15, 0.2) is 11.9 Å². The fourth-order valence-electron chi connectivity index (χ4n) is 5.60. The average molecular weight is 313 g/mol. The summed E-state index contributed by atoms with van der Waals surface area (Å²) in [6.07, 6.45) is 7.79. The van der Waals surface area contributed by atoms with Gasteiger partial charge in [-0.15, -0.1) is 0 Å². The molecular formula is C19H23NO3. The highest BCUT2D eigenvalue weighted by Crippen LogP contribution is 2.60. The van der Waals surface area contributed by atoms with Crippen molar-refractivity contribution >= 4 is 11.8 Å². The molecule has 4 bridgehead atoms. The standard InChI is InChI=1S/C19H23NO3/c1-12(23-18(22)16-4-2-3-5-20-16)17(21)19-9-13-6-14(10-19)8-15(7-13)11-19/h2-5,12-15H,6-11H2,1H3. The summed E-state index contributed by atoms with van der Waals surface area (Å²) in [6.45, 7) is 1.72. The topological polar surface area (TPSA) is 56.3 Å². The van der Waals surface area contributed by atoms with Crippen molar-refractivity contribution in [2.75, 3.05) is 0 Å². The first kappa shape index (κ1) is 14.9. The van der Waals surface area contributed by atoms with E-state index in [0.717, 1.165) is 19.3 Å². The number of hydrogen-bond donors (Lipinski definition) is 0. The van der Waals surface area contributed by atoms with Crippen LogP contribution in [0.2, 0.25) is 0 Å². The third kappa shape index (κ3) is 2.58. The van der Waals surface area contributed by atoms with Gasteiger partial charge >= 0.3 is 5.97 Å². The molecule has 1 aromatic rings. The molecule has 0 saturated heterocycles. The van der Waals surface area contributed by atoms with Gasteiger partial charge in [-0.3, -0.25) is 4.79 Å². The summed E-state index contributed by atoms with van der Waals surface area (Å²) >= 11 is 0. The van der Waals surface area contributed by atoms with Crippen LogP contribution >= 0.6 is 0 Å². The summed E-state index contributed by atoms with van der Waals surface area (Å²) in [6, 6.07) is 5.11. The van der Waals surface area contributed by atoms with Crippen LogP contribution in [0.25, 0.3) is 0 Å². The minimum atomic E-state index is -0.680. The van der Waals surface area contributed by atoms with E-state index in [-0.39, 0.29) is 16.9 Å². The van der Waals surface area contributed by atoms with Crippen molar-refractivity contribution in [3.05, 3.63) is 30.1 Å². The highest BCUT2D eigenvalue weighted by Gasteiger charge is 2.55. The van der Waals surface area contributed by atoms with Crippen LogP contribution in [-0.2, 0) is 9.53 Å². The van der Waals surface area contributed by atoms with Crippen LogP contribution in [0.5, 0.6) is 0 Å². The highest BCUT2D eigenvalue weighted by atomic mass is 16.5. The lowest BCUT2D eigenvalue weighted by Crippen LogP contribution is -2.52. The maximum absolute atomic E-state index is 13.1. The van der Waals surface area contributed by atoms with Gasteiger partial charge in [0, 0.05) is 11.6 Å². The SMILES string of the molecule is CC(OC(=O)c1ccccn1)C(=O)C12CC3CC(CC(C3)C1)C2. The Hall–Kier alpha value is -1.71. The van der Waals surface area contributed by atoms with Crippen molar-refractivity contribution in [2.24, 2.45) is 23.2 Å². The summed E-state index contributed by atoms with van der Waals surface area (Å²) < 4.78 is 5.44. The lowest BCUT2D eigenvalue weighted by atomic mass is 9.48. The van der Waals surface area contributed by atoms with E-state index < -0.39 is 12.1 Å². The Balaban J connectivity index is 1.47. The van der Waals surface area contributed by atoms with Crippen LogP contribution in [0.15, 0.2) is 24.4 Å². The van der Waals surface area contributed by atoms with Crippen molar-refractivity contribution in [1.82, 2.24) is 4.98 Å². The van der Waals surface area contributed by atoms with E-state index in [4.69, 9.17) is 4.74 Å². The van der Waals surface area contributed by atoms with E-state index in [1.165, 1.54) is 19.3 Å². The van der Waals surface area contributed by atoms with Crippen molar-refractivity contribution in [3.63, 3.8) is 0 Å². The predicted octanol–water partition coefficient (Wildman–Crippen LogP) is 3.41. The number of Topliss-reactive ketones (excluding diaryl/α,β-unsaturated/α-hetero) is 1. The quantitative estimate of drug-likeness (QED) is 0.799. The van der Waals surface area contributed by atoms with Crippen LogP contribution in [0.1, 0.15) is 55.9 Å². The Morgan fingerprint density at radius 3 is 2.26 bits per heavy atom. The van der Waals surface area contributed by atoms with E-state index in [1.807, 2.05) is 0 Å². The van der Waals surface area contributed by atoms with Crippen molar-refractivity contribution < 1.29 is 14.3 Å². The molecule has 4 aliphatic carbocycles. The third-order valence-electron chi connectivity index (χ3n) is 6.09. The number of esters is 1. The predicted molar refractivity (Wildman–Crippen MR) is 84.7 cm³/mol. The zero-order valence-electron chi connectivity index (χ0n) is 13.5. The summed E-state index contributed by atoms with van der Waals surface area (Å²) in [7, 11) is 0. The molecule has 1 atom stereocenters. The van der Waals surface area contributed by atoms with Gasteiger partial charge in [-0.2, -0.15) is 0 Å². The number of rotatable bonds is 4. The second-order valence-corrected chi connectivity index (χ2v) is 7.82. The number of ether oxygens (including phenoxy) is 1. The van der Waals surface area contributed by atoms with Crippen molar-refractivity contribution in [2.45, 2.75) is 51.6 Å². The van der Waals surface area contributed by atoms with Gasteiger partial charge in [-0.05, 0) is 75.3 Å². The highest BCUT2D eigenvalue weighted by molar-refractivity contribution is 5.93. The minimum Gasteiger partial charge on any atom is -0.450 e. The molecule has 0 aromatic carbocycles. The van der Waals surface area contributed by atoms with Gasteiger partial charge < -0.3 is 4.74 Å². The van der Waals surface area contributed by atoms with Crippen LogP contribution < -0.4 is 0 Å². The van der Waals surface area contributed by atoms with Gasteiger partial charge in [0.05, 0.1) is 0 Å². The number of carbonyl (C=O) groups is 2. The van der Waals surface area contributed by atoms with E-state index in [2.05, 4.69) is 4.98 Å². The maximum atomic E-state index is 13.1. The molecule has 1 unspecified atom stereocenters. The zero-order chi connectivity index (χ0) is 16.0. The summed E-state index contributed by atoms with van der Waals surface area (Å²) in [5, 5.41) is 0. The molecule has 4 nitrogen and oxygen atoms in total. The second-order valence-electron chi connectivity index (χ2n) is 7.82. The van der Waals surface area contributed by atoms with Crippen LogP contribution in [0, 0.1) is 23.2 Å². The van der Waals surface area contributed by atoms with Gasteiger partial charge in [0.25, 0.3) is 0 Å². The second kappa shape index (κ2) is 5.43. The minimum absolute atomic E-state index is 0.140. The Labute approximate surface area is 136 Å². The molecule has 1 heterocycles. The Kier molecular flexibility index (Phi) is 3.51. The molecule has 0 aliphatic heterocycles. The molecule has 0 amide bonds. The fourth-order valence-corrected chi connectivity index (χ4v) is 5.60. The lowest BCUT2D eigenvalue weighted by Gasteiger charge is -2.56. The number of ketones is 1. The summed E-state index contributed by atoms with van der Waals surface area (Å²) in [5.41, 5.74) is 0.0381. The monoisotopic (exact) mass is 313 g/mol. The number of aromatic nitrogens is 1. The van der Waals surface area contributed by atoms with Gasteiger partial charge in [-0.1, -0.05) is 6.07 Å². The number of carbonyl (C=O) groups excluding carboxylic acids is 2. The van der Waals surface area contributed by atoms with Crippen molar-refractivity contribution in [3.8, 4) is 0 Å². The van der Waals surface area contributed by atoms with Gasteiger partial charge in [-0.25, -0.2) is 9.78 Å². The van der Waals surface area contributed by atoms with Crippen LogP contribution in [-0.4, -0.2) is 22.8 Å². The molecule has 1 aromatic heterocycles. The van der Waals surface area contributed by atoms with Gasteiger partial charge in [0.1, 0.15) is 5.69 Å². The Bertz CT molecular complexity index is 589. The molecule has 4 saturated carbocycles. The molecule has 4 aliphatic rings. The molecule has 0 N–H and O–H groups in total. The molecule has 122 valence electrons. The maximum Gasteiger partial charge on any atom is 0.357 e. The smallest absolute Gasteiger partial charge is 0.357 e. The number of hydrogen-bond acceptors (Lipinski definition) is 4. The van der Waals surface area contributed by atoms with E-state index in [0.29, 0.717) is 17.8 Å². The van der Waals surface area contributed by atoms with Crippen molar-refractivity contribution in [1.29, 1.82) is 0 Å². The lowest BCUT2D eigenvalue weighted by molar-refractivity contribution is -0.152. The molecule has 0 radical (unpaired) electrons. The Morgan fingerprint density at radius 2 is 1.74 bits per heavy atom. The van der Waals surface area contributed by atoms with E-state index in [9.17, 15) is 9.59 Å². The van der Waals surface area contributed by atoms with Gasteiger partial charge in [0.2, 0.25) is 0 Å². The Morgan fingerprint density at radius 1 is 1.13 bits per heavy atom. The first-order valence-electron chi connectivity index (χ1n) is 8.72. The van der Waals surface area contributed by atoms with E-state index >= 15 is 0 Å². The zero-order valence-corrected chi connectivity index (χ0v) is 13.5. The first-order chi connectivity index (χ1) is 11.1. The normalized spacial score (nSPS) is 35.8. The molecule has 5 rings (SSSR count).